The molecule has 30 heavy (non-hydrogen) atoms. The Labute approximate surface area is 173 Å². The number of anilines is 1. The maximum Gasteiger partial charge on any atom is 0.265 e. The van der Waals surface area contributed by atoms with Crippen LogP contribution in [0.15, 0.2) is 48.5 Å². The Hall–Kier alpha value is -3.68. The molecule has 8 nitrogen and oxygen atoms in total. The molecular weight excluding hydrogens is 386 g/mol. The van der Waals surface area contributed by atoms with Gasteiger partial charge in [0, 0.05) is 24.2 Å². The van der Waals surface area contributed by atoms with Gasteiger partial charge in [0.2, 0.25) is 11.8 Å². The van der Waals surface area contributed by atoms with Gasteiger partial charge in [0.15, 0.2) is 6.10 Å². The van der Waals surface area contributed by atoms with Gasteiger partial charge in [-0.3, -0.25) is 24.5 Å². The highest BCUT2D eigenvalue weighted by molar-refractivity contribution is 6.05. The lowest BCUT2D eigenvalue weighted by Gasteiger charge is -2.29. The van der Waals surface area contributed by atoms with Gasteiger partial charge in [-0.15, -0.1) is 0 Å². The SMILES string of the molecule is CC(Oc1ccc2c(c1)CN(C1CCC(=O)NC1=O)C2=O)C(=O)Nc1ccccc1. The molecule has 2 aromatic rings. The van der Waals surface area contributed by atoms with E-state index in [1.54, 1.807) is 37.3 Å². The molecule has 2 atom stereocenters. The summed E-state index contributed by atoms with van der Waals surface area (Å²) in [5.74, 6) is -0.847. The smallest absolute Gasteiger partial charge is 0.265 e. The quantitative estimate of drug-likeness (QED) is 0.736. The number of para-hydroxylation sites is 1. The first kappa shape index (κ1) is 19.6. The first-order valence-electron chi connectivity index (χ1n) is 9.72. The molecule has 0 bridgehead atoms. The van der Waals surface area contributed by atoms with Gasteiger partial charge in [-0.1, -0.05) is 18.2 Å². The number of nitrogens with one attached hydrogen (secondary N) is 2. The maximum atomic E-state index is 12.7. The number of fused-ring (bicyclic) bond motifs is 1. The fourth-order valence-electron chi connectivity index (χ4n) is 3.65. The van der Waals surface area contributed by atoms with E-state index in [1.165, 1.54) is 4.90 Å². The van der Waals surface area contributed by atoms with E-state index < -0.39 is 18.1 Å². The largest absolute Gasteiger partial charge is 0.481 e. The minimum Gasteiger partial charge on any atom is -0.481 e. The van der Waals surface area contributed by atoms with E-state index >= 15 is 0 Å². The van der Waals surface area contributed by atoms with Crippen LogP contribution in [0, 0.1) is 0 Å². The molecule has 2 aliphatic heterocycles. The average Bonchev–Trinajstić information content (AvgIpc) is 3.04. The van der Waals surface area contributed by atoms with Crippen LogP contribution in [0.4, 0.5) is 5.69 Å². The Kier molecular flexibility index (Phi) is 5.22. The highest BCUT2D eigenvalue weighted by Gasteiger charge is 2.39. The van der Waals surface area contributed by atoms with Gasteiger partial charge in [-0.25, -0.2) is 0 Å². The molecule has 4 rings (SSSR count). The summed E-state index contributed by atoms with van der Waals surface area (Å²) >= 11 is 0. The Balaban J connectivity index is 1.43. The minimum atomic E-state index is -0.744. The van der Waals surface area contributed by atoms with E-state index in [0.29, 0.717) is 23.4 Å². The number of amides is 4. The predicted molar refractivity (Wildman–Crippen MR) is 108 cm³/mol. The van der Waals surface area contributed by atoms with Crippen molar-refractivity contribution in [2.75, 3.05) is 5.32 Å². The van der Waals surface area contributed by atoms with Crippen LogP contribution in [0.3, 0.4) is 0 Å². The molecule has 2 heterocycles. The van der Waals surface area contributed by atoms with Crippen molar-refractivity contribution in [2.45, 2.75) is 38.5 Å². The van der Waals surface area contributed by atoms with E-state index in [4.69, 9.17) is 4.74 Å². The molecule has 0 spiro atoms. The Bertz CT molecular complexity index is 1020. The molecule has 8 heteroatoms. The first-order valence-corrected chi connectivity index (χ1v) is 9.72. The summed E-state index contributed by atoms with van der Waals surface area (Å²) in [4.78, 5) is 50.0. The van der Waals surface area contributed by atoms with E-state index in [2.05, 4.69) is 10.6 Å². The highest BCUT2D eigenvalue weighted by Crippen LogP contribution is 2.30. The zero-order valence-corrected chi connectivity index (χ0v) is 16.4. The van der Waals surface area contributed by atoms with Gasteiger partial charge in [0.05, 0.1) is 0 Å². The number of hydrogen-bond donors (Lipinski definition) is 2. The fraction of sp³-hybridized carbons (Fsp3) is 0.273. The van der Waals surface area contributed by atoms with Gasteiger partial charge in [-0.05, 0) is 49.2 Å². The fourth-order valence-corrected chi connectivity index (χ4v) is 3.65. The molecule has 2 N–H and O–H groups in total. The zero-order valence-electron chi connectivity index (χ0n) is 16.4. The van der Waals surface area contributed by atoms with Crippen molar-refractivity contribution in [3.8, 4) is 5.75 Å². The van der Waals surface area contributed by atoms with Crippen LogP contribution in [0.1, 0.15) is 35.7 Å². The van der Waals surface area contributed by atoms with Crippen molar-refractivity contribution in [3.05, 3.63) is 59.7 Å². The van der Waals surface area contributed by atoms with Crippen LogP contribution < -0.4 is 15.4 Å². The van der Waals surface area contributed by atoms with Gasteiger partial charge in [-0.2, -0.15) is 0 Å². The lowest BCUT2D eigenvalue weighted by molar-refractivity contribution is -0.137. The third kappa shape index (κ3) is 3.89. The summed E-state index contributed by atoms with van der Waals surface area (Å²) in [6.45, 7) is 1.90. The second kappa shape index (κ2) is 7.98. The summed E-state index contributed by atoms with van der Waals surface area (Å²) in [5, 5.41) is 5.06. The van der Waals surface area contributed by atoms with Crippen molar-refractivity contribution in [3.63, 3.8) is 0 Å². The summed E-state index contributed by atoms with van der Waals surface area (Å²) in [5.41, 5.74) is 1.89. The van der Waals surface area contributed by atoms with E-state index in [1.807, 2.05) is 18.2 Å². The van der Waals surface area contributed by atoms with Crippen LogP contribution in [0.5, 0.6) is 5.75 Å². The standard InChI is InChI=1S/C22H21N3O5/c1-13(20(27)23-15-5-3-2-4-6-15)30-16-7-8-17-14(11-16)12-25(22(17)29)18-9-10-19(26)24-21(18)28/h2-8,11,13,18H,9-10,12H2,1H3,(H,23,27)(H,24,26,28). The Morgan fingerprint density at radius 2 is 1.93 bits per heavy atom. The minimum absolute atomic E-state index is 0.207. The van der Waals surface area contributed by atoms with Crippen LogP contribution in [-0.2, 0) is 20.9 Å². The highest BCUT2D eigenvalue weighted by atomic mass is 16.5. The second-order valence-electron chi connectivity index (χ2n) is 7.33. The molecule has 0 aliphatic carbocycles. The van der Waals surface area contributed by atoms with Gasteiger partial charge < -0.3 is 15.0 Å². The van der Waals surface area contributed by atoms with Crippen LogP contribution in [0.25, 0.3) is 0 Å². The monoisotopic (exact) mass is 407 g/mol. The van der Waals surface area contributed by atoms with Gasteiger partial charge >= 0.3 is 0 Å². The van der Waals surface area contributed by atoms with Crippen LogP contribution in [0.2, 0.25) is 0 Å². The van der Waals surface area contributed by atoms with Crippen molar-refractivity contribution in [1.82, 2.24) is 10.2 Å². The number of carbonyl (C=O) groups excluding carboxylic acids is 4. The van der Waals surface area contributed by atoms with E-state index in [9.17, 15) is 19.2 Å². The molecule has 2 aliphatic rings. The summed E-state index contributed by atoms with van der Waals surface area (Å²) in [6.07, 6.45) is -0.227. The third-order valence-corrected chi connectivity index (χ3v) is 5.22. The average molecular weight is 407 g/mol. The maximum absolute atomic E-state index is 12.7. The molecule has 2 aromatic carbocycles. The number of piperidine rings is 1. The molecule has 0 aromatic heterocycles. The molecule has 1 fully saturated rings. The second-order valence-corrected chi connectivity index (χ2v) is 7.33. The van der Waals surface area contributed by atoms with Crippen molar-refractivity contribution >= 4 is 29.3 Å². The van der Waals surface area contributed by atoms with Gasteiger partial charge in [0.1, 0.15) is 11.8 Å². The van der Waals surface area contributed by atoms with Crippen molar-refractivity contribution in [1.29, 1.82) is 0 Å². The van der Waals surface area contributed by atoms with Gasteiger partial charge in [0.25, 0.3) is 11.8 Å². The number of carbonyl (C=O) groups is 4. The summed E-state index contributed by atoms with van der Waals surface area (Å²) in [6, 6.07) is 13.4. The predicted octanol–water partition coefficient (Wildman–Crippen LogP) is 1.85. The topological polar surface area (TPSA) is 105 Å². The van der Waals surface area contributed by atoms with E-state index in [0.717, 1.165) is 5.56 Å². The molecule has 2 unspecified atom stereocenters. The van der Waals surface area contributed by atoms with E-state index in [-0.39, 0.29) is 30.7 Å². The molecule has 154 valence electrons. The number of benzene rings is 2. The van der Waals surface area contributed by atoms with Crippen molar-refractivity contribution in [2.24, 2.45) is 0 Å². The zero-order chi connectivity index (χ0) is 21.3. The molecule has 1 saturated heterocycles. The lowest BCUT2D eigenvalue weighted by atomic mass is 10.0. The lowest BCUT2D eigenvalue weighted by Crippen LogP contribution is -2.52. The number of imide groups is 1. The van der Waals surface area contributed by atoms with Crippen LogP contribution >= 0.6 is 0 Å². The molecule has 0 saturated carbocycles. The number of hydrogen-bond acceptors (Lipinski definition) is 5. The Morgan fingerprint density at radius 3 is 2.67 bits per heavy atom. The molecular formula is C22H21N3O5. The molecule has 4 amide bonds. The number of nitrogens with zero attached hydrogens (tertiary/aromatic N) is 1. The van der Waals surface area contributed by atoms with Crippen LogP contribution in [-0.4, -0.2) is 40.7 Å². The first-order chi connectivity index (χ1) is 14.4. The summed E-state index contributed by atoms with van der Waals surface area (Å²) in [7, 11) is 0. The van der Waals surface area contributed by atoms with Crippen molar-refractivity contribution < 1.29 is 23.9 Å². The Morgan fingerprint density at radius 1 is 1.17 bits per heavy atom. The third-order valence-electron chi connectivity index (χ3n) is 5.22. The molecule has 0 radical (unpaired) electrons. The summed E-state index contributed by atoms with van der Waals surface area (Å²) < 4.78 is 5.76. The number of ether oxygens (including phenoxy) is 1. The number of rotatable bonds is 5. The normalized spacial score (nSPS) is 19.2.